The summed E-state index contributed by atoms with van der Waals surface area (Å²) in [5, 5.41) is 6.45. The van der Waals surface area contributed by atoms with Crippen LogP contribution in [0.25, 0.3) is 0 Å². The Morgan fingerprint density at radius 3 is 2.48 bits per heavy atom. The van der Waals surface area contributed by atoms with Gasteiger partial charge in [0.1, 0.15) is 18.0 Å². The van der Waals surface area contributed by atoms with Crippen LogP contribution < -0.4 is 10.6 Å². The van der Waals surface area contributed by atoms with Crippen molar-refractivity contribution in [3.8, 4) is 0 Å². The predicted octanol–water partition coefficient (Wildman–Crippen LogP) is 2.10. The highest BCUT2D eigenvalue weighted by atomic mass is 19.1. The molecular formula is C21H33FN4O3. The lowest BCUT2D eigenvalue weighted by Gasteiger charge is -2.35. The van der Waals surface area contributed by atoms with Gasteiger partial charge >= 0.3 is 5.97 Å². The Balaban J connectivity index is 2.06. The van der Waals surface area contributed by atoms with E-state index in [4.69, 9.17) is 9.47 Å². The maximum Gasteiger partial charge on any atom is 0.328 e. The first-order chi connectivity index (χ1) is 13.8. The summed E-state index contributed by atoms with van der Waals surface area (Å²) < 4.78 is 24.2. The molecule has 7 nitrogen and oxygen atoms in total. The minimum atomic E-state index is -0.539. The third-order valence-electron chi connectivity index (χ3n) is 4.33. The van der Waals surface area contributed by atoms with Crippen LogP contribution in [0.5, 0.6) is 0 Å². The lowest BCUT2D eigenvalue weighted by Crippen LogP contribution is -2.46. The Labute approximate surface area is 172 Å². The summed E-state index contributed by atoms with van der Waals surface area (Å²) in [6.45, 7) is 11.6. The Morgan fingerprint density at radius 2 is 1.90 bits per heavy atom. The minimum Gasteiger partial charge on any atom is -0.459 e. The summed E-state index contributed by atoms with van der Waals surface area (Å²) in [6.07, 6.45) is 0. The van der Waals surface area contributed by atoms with Crippen molar-refractivity contribution < 1.29 is 18.7 Å². The maximum absolute atomic E-state index is 13.4. The minimum absolute atomic E-state index is 0.0323. The molecule has 0 saturated carbocycles. The Morgan fingerprint density at radius 1 is 1.24 bits per heavy atom. The number of halogens is 1. The molecule has 0 radical (unpaired) electrons. The number of nitrogens with zero attached hydrogens (tertiary/aromatic N) is 2. The zero-order valence-corrected chi connectivity index (χ0v) is 17.8. The quantitative estimate of drug-likeness (QED) is 0.409. The number of hydrogen-bond donors (Lipinski definition) is 2. The van der Waals surface area contributed by atoms with E-state index >= 15 is 0 Å². The number of nitrogens with one attached hydrogen (secondary N) is 2. The van der Waals surface area contributed by atoms with Crippen molar-refractivity contribution in [2.45, 2.75) is 39.3 Å². The largest absolute Gasteiger partial charge is 0.459 e. The summed E-state index contributed by atoms with van der Waals surface area (Å²) in [7, 11) is 0. The van der Waals surface area contributed by atoms with Gasteiger partial charge in [0.05, 0.1) is 19.3 Å². The predicted molar refractivity (Wildman–Crippen MR) is 111 cm³/mol. The molecule has 1 aromatic carbocycles. The second kappa shape index (κ2) is 11.1. The fourth-order valence-electron chi connectivity index (χ4n) is 3.08. The Kier molecular flexibility index (Phi) is 8.85. The van der Waals surface area contributed by atoms with Crippen LogP contribution in [0.4, 0.5) is 4.39 Å². The number of aliphatic imine (C=N–C) groups is 1. The van der Waals surface area contributed by atoms with Gasteiger partial charge in [0, 0.05) is 26.2 Å². The van der Waals surface area contributed by atoms with E-state index < -0.39 is 5.60 Å². The SMILES string of the molecule is CCNC(=NCC(=O)OC(C)(C)C)NCC(c1ccc(F)cc1)N1CCOCC1. The zero-order chi connectivity index (χ0) is 21.3. The fourth-order valence-corrected chi connectivity index (χ4v) is 3.08. The van der Waals surface area contributed by atoms with Crippen LogP contribution in [0.1, 0.15) is 39.3 Å². The normalized spacial score (nSPS) is 16.9. The average molecular weight is 409 g/mol. The molecule has 1 saturated heterocycles. The van der Waals surface area contributed by atoms with Crippen molar-refractivity contribution in [1.29, 1.82) is 0 Å². The van der Waals surface area contributed by atoms with Crippen LogP contribution in [-0.4, -0.2) is 68.4 Å². The third-order valence-corrected chi connectivity index (χ3v) is 4.33. The molecule has 0 aromatic heterocycles. The van der Waals surface area contributed by atoms with Gasteiger partial charge < -0.3 is 20.1 Å². The van der Waals surface area contributed by atoms with Gasteiger partial charge in [-0.15, -0.1) is 0 Å². The van der Waals surface area contributed by atoms with E-state index in [-0.39, 0.29) is 24.4 Å². The Bertz CT molecular complexity index is 667. The second-order valence-electron chi connectivity index (χ2n) is 7.88. The van der Waals surface area contributed by atoms with Crippen LogP contribution >= 0.6 is 0 Å². The molecule has 0 bridgehead atoms. The van der Waals surface area contributed by atoms with E-state index in [0.717, 1.165) is 18.7 Å². The van der Waals surface area contributed by atoms with E-state index in [9.17, 15) is 9.18 Å². The number of rotatable bonds is 7. The molecule has 2 N–H and O–H groups in total. The highest BCUT2D eigenvalue weighted by Gasteiger charge is 2.23. The molecule has 29 heavy (non-hydrogen) atoms. The molecule has 1 unspecified atom stereocenters. The topological polar surface area (TPSA) is 75.2 Å². The van der Waals surface area contributed by atoms with Crippen LogP contribution in [0.15, 0.2) is 29.3 Å². The van der Waals surface area contributed by atoms with Crippen LogP contribution in [0.3, 0.4) is 0 Å². The number of carbonyl (C=O) groups excluding carboxylic acids is 1. The van der Waals surface area contributed by atoms with Crippen molar-refractivity contribution in [3.63, 3.8) is 0 Å². The van der Waals surface area contributed by atoms with Gasteiger partial charge in [0.2, 0.25) is 0 Å². The van der Waals surface area contributed by atoms with Crippen LogP contribution in [-0.2, 0) is 14.3 Å². The molecule has 1 aliphatic heterocycles. The van der Waals surface area contributed by atoms with Crippen LogP contribution in [0, 0.1) is 5.82 Å². The summed E-state index contributed by atoms with van der Waals surface area (Å²) in [5.74, 6) is -0.0913. The van der Waals surface area contributed by atoms with Crippen molar-refractivity contribution in [2.24, 2.45) is 4.99 Å². The summed E-state index contributed by atoms with van der Waals surface area (Å²) in [6, 6.07) is 6.60. The second-order valence-corrected chi connectivity index (χ2v) is 7.88. The van der Waals surface area contributed by atoms with Gasteiger partial charge in [-0.2, -0.15) is 0 Å². The highest BCUT2D eigenvalue weighted by Crippen LogP contribution is 2.21. The molecule has 0 aliphatic carbocycles. The smallest absolute Gasteiger partial charge is 0.328 e. The molecule has 1 aromatic rings. The average Bonchev–Trinajstić information content (AvgIpc) is 2.67. The van der Waals surface area contributed by atoms with E-state index in [1.54, 1.807) is 0 Å². The van der Waals surface area contributed by atoms with E-state index in [0.29, 0.717) is 32.3 Å². The number of morpholine rings is 1. The first-order valence-corrected chi connectivity index (χ1v) is 10.1. The molecule has 1 heterocycles. The zero-order valence-electron chi connectivity index (χ0n) is 17.8. The number of guanidine groups is 1. The highest BCUT2D eigenvalue weighted by molar-refractivity contribution is 5.83. The van der Waals surface area contributed by atoms with E-state index in [1.807, 2.05) is 39.8 Å². The number of carbonyl (C=O) groups is 1. The molecule has 0 spiro atoms. The van der Waals surface area contributed by atoms with E-state index in [1.165, 1.54) is 12.1 Å². The summed E-state index contributed by atoms with van der Waals surface area (Å²) >= 11 is 0. The molecule has 2 rings (SSSR count). The van der Waals surface area contributed by atoms with Crippen molar-refractivity contribution >= 4 is 11.9 Å². The van der Waals surface area contributed by atoms with Crippen molar-refractivity contribution in [2.75, 3.05) is 45.9 Å². The molecule has 1 atom stereocenters. The number of benzene rings is 1. The van der Waals surface area contributed by atoms with Gasteiger partial charge in [0.15, 0.2) is 5.96 Å². The standard InChI is InChI=1S/C21H33FN4O3/c1-5-23-20(25-15-19(27)29-21(2,3)4)24-14-18(26-10-12-28-13-11-26)16-6-8-17(22)9-7-16/h6-9,18H,5,10-15H2,1-4H3,(H2,23,24,25). The molecule has 162 valence electrons. The maximum atomic E-state index is 13.4. The lowest BCUT2D eigenvalue weighted by atomic mass is 10.0. The first-order valence-electron chi connectivity index (χ1n) is 10.1. The van der Waals surface area contributed by atoms with Gasteiger partial charge in [0.25, 0.3) is 0 Å². The van der Waals surface area contributed by atoms with Crippen molar-refractivity contribution in [3.05, 3.63) is 35.6 Å². The Hall–Kier alpha value is -2.19. The molecule has 8 heteroatoms. The third kappa shape index (κ3) is 8.37. The first kappa shape index (κ1) is 23.1. The van der Waals surface area contributed by atoms with Gasteiger partial charge in [-0.3, -0.25) is 9.69 Å². The molecular weight excluding hydrogens is 375 g/mol. The number of hydrogen-bond acceptors (Lipinski definition) is 5. The molecule has 1 fully saturated rings. The monoisotopic (exact) mass is 408 g/mol. The van der Waals surface area contributed by atoms with Gasteiger partial charge in [-0.05, 0) is 45.4 Å². The van der Waals surface area contributed by atoms with E-state index in [2.05, 4.69) is 20.5 Å². The molecule has 0 amide bonds. The number of ether oxygens (including phenoxy) is 2. The molecule has 1 aliphatic rings. The van der Waals surface area contributed by atoms with Crippen LogP contribution in [0.2, 0.25) is 0 Å². The van der Waals surface area contributed by atoms with Crippen molar-refractivity contribution in [1.82, 2.24) is 15.5 Å². The lowest BCUT2D eigenvalue weighted by molar-refractivity contribution is -0.152. The fraction of sp³-hybridized carbons (Fsp3) is 0.619. The summed E-state index contributed by atoms with van der Waals surface area (Å²) in [4.78, 5) is 18.6. The summed E-state index contributed by atoms with van der Waals surface area (Å²) in [5.41, 5.74) is 0.478. The van der Waals surface area contributed by atoms with Gasteiger partial charge in [-0.1, -0.05) is 12.1 Å². The number of esters is 1. The van der Waals surface area contributed by atoms with Gasteiger partial charge in [-0.25, -0.2) is 9.38 Å².